The number of carbonyl (C=O) groups is 1. The van der Waals surface area contributed by atoms with Gasteiger partial charge in [0.2, 0.25) is 0 Å². The largest absolute Gasteiger partial charge is 0.481 e. The van der Waals surface area contributed by atoms with Crippen LogP contribution in [0, 0.1) is 0 Å². The second-order valence-corrected chi connectivity index (χ2v) is 6.49. The SMILES string of the molecule is Cn1cc(CS(=O)(=O)c2ccc(CC(=O)O)cc2)cn1. The van der Waals surface area contributed by atoms with E-state index in [1.54, 1.807) is 17.9 Å². The van der Waals surface area contributed by atoms with Gasteiger partial charge < -0.3 is 5.11 Å². The molecule has 0 atom stereocenters. The number of benzene rings is 1. The molecule has 0 radical (unpaired) electrons. The van der Waals surface area contributed by atoms with E-state index in [2.05, 4.69) is 5.10 Å². The molecule has 1 aromatic heterocycles. The maximum Gasteiger partial charge on any atom is 0.307 e. The van der Waals surface area contributed by atoms with Gasteiger partial charge in [0.25, 0.3) is 0 Å². The number of rotatable bonds is 5. The quantitative estimate of drug-likeness (QED) is 0.889. The van der Waals surface area contributed by atoms with Gasteiger partial charge in [-0.25, -0.2) is 8.42 Å². The molecule has 1 aromatic carbocycles. The van der Waals surface area contributed by atoms with E-state index in [1.807, 2.05) is 0 Å². The summed E-state index contributed by atoms with van der Waals surface area (Å²) in [5.74, 6) is -1.07. The molecule has 0 spiro atoms. The van der Waals surface area contributed by atoms with Crippen molar-refractivity contribution in [3.8, 4) is 0 Å². The molecule has 6 nitrogen and oxygen atoms in total. The van der Waals surface area contributed by atoms with Gasteiger partial charge in [0.1, 0.15) is 0 Å². The number of aliphatic carboxylic acids is 1. The minimum Gasteiger partial charge on any atom is -0.481 e. The third kappa shape index (κ3) is 3.45. The molecule has 0 amide bonds. The first kappa shape index (κ1) is 14.3. The summed E-state index contributed by atoms with van der Waals surface area (Å²) in [5, 5.41) is 12.6. The molecule has 0 saturated carbocycles. The molecular weight excluding hydrogens is 280 g/mol. The molecular formula is C13H14N2O4S. The van der Waals surface area contributed by atoms with E-state index in [-0.39, 0.29) is 17.1 Å². The third-order valence-electron chi connectivity index (χ3n) is 2.75. The lowest BCUT2D eigenvalue weighted by atomic mass is 10.2. The van der Waals surface area contributed by atoms with Crippen molar-refractivity contribution in [2.24, 2.45) is 7.05 Å². The molecule has 2 rings (SSSR count). The lowest BCUT2D eigenvalue weighted by Crippen LogP contribution is -2.05. The van der Waals surface area contributed by atoms with Crippen molar-refractivity contribution >= 4 is 15.8 Å². The highest BCUT2D eigenvalue weighted by Crippen LogP contribution is 2.17. The second kappa shape index (κ2) is 5.46. The fourth-order valence-corrected chi connectivity index (χ4v) is 3.14. The molecule has 0 aliphatic heterocycles. The van der Waals surface area contributed by atoms with Gasteiger partial charge in [-0.05, 0) is 17.7 Å². The van der Waals surface area contributed by atoms with Crippen molar-refractivity contribution in [2.45, 2.75) is 17.1 Å². The summed E-state index contributed by atoms with van der Waals surface area (Å²) in [5.41, 5.74) is 1.18. The van der Waals surface area contributed by atoms with Crippen molar-refractivity contribution in [3.63, 3.8) is 0 Å². The molecule has 1 heterocycles. The Hall–Kier alpha value is -2.15. The van der Waals surface area contributed by atoms with Gasteiger partial charge in [-0.1, -0.05) is 12.1 Å². The van der Waals surface area contributed by atoms with Crippen molar-refractivity contribution in [1.29, 1.82) is 0 Å². The normalized spacial score (nSPS) is 11.4. The van der Waals surface area contributed by atoms with Crippen molar-refractivity contribution in [3.05, 3.63) is 47.8 Å². The van der Waals surface area contributed by atoms with Crippen LogP contribution >= 0.6 is 0 Å². The standard InChI is InChI=1S/C13H14N2O4S/c1-15-8-11(7-14-15)9-20(18,19)12-4-2-10(3-5-12)6-13(16)17/h2-5,7-8H,6,9H2,1H3,(H,16,17). The van der Waals surface area contributed by atoms with Gasteiger partial charge in [0, 0.05) is 18.8 Å². The van der Waals surface area contributed by atoms with Crippen LogP contribution in [0.25, 0.3) is 0 Å². The lowest BCUT2D eigenvalue weighted by Gasteiger charge is -2.04. The first-order valence-corrected chi connectivity index (χ1v) is 7.53. The topological polar surface area (TPSA) is 89.3 Å². The number of sulfone groups is 1. The predicted octanol–water partition coefficient (Wildman–Crippen LogP) is 1.02. The van der Waals surface area contributed by atoms with Gasteiger partial charge in [-0.2, -0.15) is 5.10 Å². The van der Waals surface area contributed by atoms with Crippen molar-refractivity contribution in [1.82, 2.24) is 9.78 Å². The smallest absolute Gasteiger partial charge is 0.307 e. The Bertz CT molecular complexity index is 717. The molecule has 0 aliphatic carbocycles. The molecule has 1 N–H and O–H groups in total. The van der Waals surface area contributed by atoms with Gasteiger partial charge in [-0.15, -0.1) is 0 Å². The Morgan fingerprint density at radius 1 is 1.25 bits per heavy atom. The minimum atomic E-state index is -3.45. The zero-order valence-electron chi connectivity index (χ0n) is 10.9. The summed E-state index contributed by atoms with van der Waals surface area (Å²) in [7, 11) is -1.73. The number of aryl methyl sites for hydroxylation is 1. The average Bonchev–Trinajstić information content (AvgIpc) is 2.74. The van der Waals surface area contributed by atoms with Crippen molar-refractivity contribution in [2.75, 3.05) is 0 Å². The van der Waals surface area contributed by atoms with Crippen LogP contribution in [0.1, 0.15) is 11.1 Å². The Labute approximate surface area is 116 Å². The zero-order chi connectivity index (χ0) is 14.8. The summed E-state index contributed by atoms with van der Waals surface area (Å²) >= 11 is 0. The monoisotopic (exact) mass is 294 g/mol. The van der Waals surface area contributed by atoms with Crippen LogP contribution in [0.2, 0.25) is 0 Å². The van der Waals surface area contributed by atoms with E-state index in [0.717, 1.165) is 0 Å². The molecule has 0 saturated heterocycles. The maximum atomic E-state index is 12.2. The van der Waals surface area contributed by atoms with Gasteiger partial charge in [0.15, 0.2) is 9.84 Å². The Morgan fingerprint density at radius 3 is 2.40 bits per heavy atom. The summed E-state index contributed by atoms with van der Waals surface area (Å²) in [6, 6.07) is 5.91. The van der Waals surface area contributed by atoms with Crippen molar-refractivity contribution < 1.29 is 18.3 Å². The maximum absolute atomic E-state index is 12.2. The molecule has 2 aromatic rings. The highest BCUT2D eigenvalue weighted by molar-refractivity contribution is 7.90. The van der Waals surface area contributed by atoms with E-state index < -0.39 is 15.8 Å². The number of nitrogens with zero attached hydrogens (tertiary/aromatic N) is 2. The molecule has 0 unspecified atom stereocenters. The molecule has 106 valence electrons. The van der Waals surface area contributed by atoms with Gasteiger partial charge in [-0.3, -0.25) is 9.48 Å². The van der Waals surface area contributed by atoms with E-state index in [1.165, 1.54) is 30.5 Å². The van der Waals surface area contributed by atoms with Gasteiger partial charge >= 0.3 is 5.97 Å². The van der Waals surface area contributed by atoms with Gasteiger partial charge in [0.05, 0.1) is 23.3 Å². The van der Waals surface area contributed by atoms with Crippen LogP contribution in [-0.4, -0.2) is 29.3 Å². The van der Waals surface area contributed by atoms with E-state index in [9.17, 15) is 13.2 Å². The van der Waals surface area contributed by atoms with Crippen LogP contribution in [0.5, 0.6) is 0 Å². The Balaban J connectivity index is 2.19. The van der Waals surface area contributed by atoms with Crippen LogP contribution in [0.15, 0.2) is 41.6 Å². The highest BCUT2D eigenvalue weighted by atomic mass is 32.2. The second-order valence-electron chi connectivity index (χ2n) is 4.50. The van der Waals surface area contributed by atoms with Crippen LogP contribution in [-0.2, 0) is 33.9 Å². The first-order chi connectivity index (χ1) is 9.37. The fourth-order valence-electron chi connectivity index (χ4n) is 1.84. The third-order valence-corrected chi connectivity index (χ3v) is 4.46. The Morgan fingerprint density at radius 2 is 1.90 bits per heavy atom. The zero-order valence-corrected chi connectivity index (χ0v) is 11.7. The number of hydrogen-bond donors (Lipinski definition) is 1. The fraction of sp³-hybridized carbons (Fsp3) is 0.231. The number of carboxylic acid groups (broad SMARTS) is 1. The van der Waals surface area contributed by atoms with Crippen LogP contribution in [0.3, 0.4) is 0 Å². The lowest BCUT2D eigenvalue weighted by molar-refractivity contribution is -0.136. The van der Waals surface area contributed by atoms with Crippen LogP contribution < -0.4 is 0 Å². The molecule has 7 heteroatoms. The Kier molecular flexibility index (Phi) is 3.89. The van der Waals surface area contributed by atoms with Crippen LogP contribution in [0.4, 0.5) is 0 Å². The average molecular weight is 294 g/mol. The number of aromatic nitrogens is 2. The first-order valence-electron chi connectivity index (χ1n) is 5.88. The predicted molar refractivity (Wildman–Crippen MR) is 71.9 cm³/mol. The molecule has 0 fully saturated rings. The molecule has 0 aliphatic rings. The summed E-state index contributed by atoms with van der Waals surface area (Å²) < 4.78 is 25.9. The summed E-state index contributed by atoms with van der Waals surface area (Å²) in [6.45, 7) is 0. The summed E-state index contributed by atoms with van der Waals surface area (Å²) in [4.78, 5) is 10.7. The van der Waals surface area contributed by atoms with E-state index >= 15 is 0 Å². The van der Waals surface area contributed by atoms with E-state index in [0.29, 0.717) is 11.1 Å². The summed E-state index contributed by atoms with van der Waals surface area (Å²) in [6.07, 6.45) is 3.04. The molecule has 0 bridgehead atoms. The van der Waals surface area contributed by atoms with E-state index in [4.69, 9.17) is 5.11 Å². The number of hydrogen-bond acceptors (Lipinski definition) is 4. The molecule has 20 heavy (non-hydrogen) atoms. The highest BCUT2D eigenvalue weighted by Gasteiger charge is 2.16. The minimum absolute atomic E-state index is 0.122. The number of carboxylic acids is 1.